The highest BCUT2D eigenvalue weighted by Gasteiger charge is 2.44. The SMILES string of the molecule is BC1C2C=CC(S(=O)(=O)OCC(C)C)=CC1C2C. The van der Waals surface area contributed by atoms with Crippen molar-refractivity contribution in [1.29, 1.82) is 0 Å². The van der Waals surface area contributed by atoms with Crippen molar-refractivity contribution in [3.05, 3.63) is 23.1 Å². The van der Waals surface area contributed by atoms with Crippen molar-refractivity contribution in [2.24, 2.45) is 23.7 Å². The predicted octanol–water partition coefficient (Wildman–Crippen LogP) is 1.75. The maximum absolute atomic E-state index is 12.1. The third-order valence-corrected chi connectivity index (χ3v) is 5.41. The number of rotatable bonds is 4. The fourth-order valence-corrected chi connectivity index (χ4v) is 4.05. The van der Waals surface area contributed by atoms with Crippen LogP contribution in [0.25, 0.3) is 0 Å². The Kier molecular flexibility index (Phi) is 3.74. The molecular weight excluding hydrogens is 247 g/mol. The first kappa shape index (κ1) is 13.9. The van der Waals surface area contributed by atoms with Crippen molar-refractivity contribution in [1.82, 2.24) is 0 Å². The van der Waals surface area contributed by atoms with E-state index in [0.29, 0.717) is 28.5 Å². The summed E-state index contributed by atoms with van der Waals surface area (Å²) in [6.07, 6.45) is 5.63. The van der Waals surface area contributed by atoms with Crippen LogP contribution in [0.5, 0.6) is 0 Å². The van der Waals surface area contributed by atoms with Crippen LogP contribution in [0.4, 0.5) is 0 Å². The molecule has 1 saturated carbocycles. The summed E-state index contributed by atoms with van der Waals surface area (Å²) in [6, 6.07) is 0. The summed E-state index contributed by atoms with van der Waals surface area (Å²) in [5, 5.41) is 0. The van der Waals surface area contributed by atoms with E-state index in [1.54, 1.807) is 6.08 Å². The van der Waals surface area contributed by atoms with E-state index in [9.17, 15) is 8.42 Å². The molecule has 5 heteroatoms. The Balaban J connectivity index is 2.19. The quantitative estimate of drug-likeness (QED) is 0.576. The van der Waals surface area contributed by atoms with Crippen LogP contribution in [-0.4, -0.2) is 22.9 Å². The topological polar surface area (TPSA) is 43.4 Å². The highest BCUT2D eigenvalue weighted by atomic mass is 32.2. The van der Waals surface area contributed by atoms with Gasteiger partial charge in [0.2, 0.25) is 0 Å². The second kappa shape index (κ2) is 4.85. The molecule has 18 heavy (non-hydrogen) atoms. The third-order valence-electron chi connectivity index (χ3n) is 4.11. The number of allylic oxidation sites excluding steroid dienone is 3. The molecule has 3 aliphatic rings. The smallest absolute Gasteiger partial charge is 0.266 e. The molecule has 3 rings (SSSR count). The molecule has 0 N–H and O–H groups in total. The van der Waals surface area contributed by atoms with Crippen LogP contribution in [0.15, 0.2) is 23.1 Å². The molecule has 0 saturated heterocycles. The maximum atomic E-state index is 12.1. The van der Waals surface area contributed by atoms with Gasteiger partial charge in [-0.15, -0.1) is 0 Å². The Bertz CT molecular complexity index is 468. The molecule has 4 unspecified atom stereocenters. The molecule has 1 fully saturated rings. The summed E-state index contributed by atoms with van der Waals surface area (Å²) in [5.74, 6) is 2.14. The maximum Gasteiger partial charge on any atom is 0.296 e. The van der Waals surface area contributed by atoms with Gasteiger partial charge in [-0.25, -0.2) is 0 Å². The molecule has 3 aliphatic carbocycles. The van der Waals surface area contributed by atoms with Crippen LogP contribution >= 0.6 is 0 Å². The molecule has 0 spiro atoms. The van der Waals surface area contributed by atoms with Gasteiger partial charge in [0.15, 0.2) is 0 Å². The molecule has 0 aromatic heterocycles. The zero-order valence-corrected chi connectivity index (χ0v) is 12.3. The van der Waals surface area contributed by atoms with Gasteiger partial charge in [0.05, 0.1) is 11.5 Å². The molecule has 0 aliphatic heterocycles. The summed E-state index contributed by atoms with van der Waals surface area (Å²) < 4.78 is 29.2. The summed E-state index contributed by atoms with van der Waals surface area (Å²) in [5.41, 5.74) is 0. The molecule has 0 radical (unpaired) electrons. The average molecular weight is 268 g/mol. The molecule has 100 valence electrons. The molecule has 4 atom stereocenters. The highest BCUT2D eigenvalue weighted by molar-refractivity contribution is 7.90. The Hall–Kier alpha value is -0.545. The van der Waals surface area contributed by atoms with Gasteiger partial charge in [-0.05, 0) is 29.7 Å². The van der Waals surface area contributed by atoms with Crippen molar-refractivity contribution in [2.45, 2.75) is 26.6 Å². The minimum absolute atomic E-state index is 0.210. The Morgan fingerprint density at radius 3 is 2.61 bits per heavy atom. The lowest BCUT2D eigenvalue weighted by Gasteiger charge is -2.46. The van der Waals surface area contributed by atoms with Crippen LogP contribution in [-0.2, 0) is 14.3 Å². The second-order valence-corrected chi connectivity index (χ2v) is 7.55. The van der Waals surface area contributed by atoms with Gasteiger partial charge in [-0.3, -0.25) is 4.18 Å². The van der Waals surface area contributed by atoms with Crippen molar-refractivity contribution in [3.63, 3.8) is 0 Å². The molecule has 0 heterocycles. The van der Waals surface area contributed by atoms with Crippen molar-refractivity contribution >= 4 is 18.0 Å². The average Bonchev–Trinajstić information content (AvgIpc) is 2.58. The molecule has 3 nitrogen and oxygen atoms in total. The first-order valence-corrected chi connectivity index (χ1v) is 8.03. The summed E-state index contributed by atoms with van der Waals surface area (Å²) in [6.45, 7) is 6.30. The van der Waals surface area contributed by atoms with Gasteiger partial charge in [-0.2, -0.15) is 8.42 Å². The number of hydrogen-bond acceptors (Lipinski definition) is 3. The zero-order chi connectivity index (χ0) is 13.5. The summed E-state index contributed by atoms with van der Waals surface area (Å²) in [7, 11) is -1.40. The van der Waals surface area contributed by atoms with Crippen LogP contribution < -0.4 is 0 Å². The second-order valence-electron chi connectivity index (χ2n) is 5.93. The first-order valence-electron chi connectivity index (χ1n) is 6.62. The molecule has 0 amide bonds. The molecule has 0 aromatic carbocycles. The van der Waals surface area contributed by atoms with E-state index in [2.05, 4.69) is 14.8 Å². The van der Waals surface area contributed by atoms with E-state index in [-0.39, 0.29) is 12.5 Å². The van der Waals surface area contributed by atoms with E-state index in [0.717, 1.165) is 0 Å². The molecule has 0 aromatic rings. The largest absolute Gasteiger partial charge is 0.296 e. The van der Waals surface area contributed by atoms with Crippen molar-refractivity contribution in [3.8, 4) is 0 Å². The fourth-order valence-electron chi connectivity index (χ4n) is 2.89. The van der Waals surface area contributed by atoms with E-state index >= 15 is 0 Å². The molecular formula is C13H21BO3S. The standard InChI is InChI=1S/C13H21BO3S/c1-8(2)7-17-18(15,16)10-4-5-11-9(3)12(6-10)13(11)14/h4-6,8-9,11-13H,7,14H2,1-3H3. The van der Waals surface area contributed by atoms with Crippen molar-refractivity contribution in [2.75, 3.05) is 6.61 Å². The molecule has 2 bridgehead atoms. The van der Waals surface area contributed by atoms with Gasteiger partial charge in [0.1, 0.15) is 7.85 Å². The lowest BCUT2D eigenvalue weighted by atomic mass is 9.50. The van der Waals surface area contributed by atoms with Crippen LogP contribution in [0.1, 0.15) is 20.8 Å². The van der Waals surface area contributed by atoms with Gasteiger partial charge in [0.25, 0.3) is 10.1 Å². The van der Waals surface area contributed by atoms with E-state index in [4.69, 9.17) is 4.18 Å². The zero-order valence-electron chi connectivity index (χ0n) is 11.5. The van der Waals surface area contributed by atoms with Gasteiger partial charge in [0, 0.05) is 0 Å². The van der Waals surface area contributed by atoms with Gasteiger partial charge in [-0.1, -0.05) is 38.7 Å². The number of fused-ring (bicyclic) bond motifs is 1. The summed E-state index contributed by atoms with van der Waals surface area (Å²) >= 11 is 0. The Morgan fingerprint density at radius 2 is 2.06 bits per heavy atom. The fraction of sp³-hybridized carbons (Fsp3) is 0.692. The normalized spacial score (nSPS) is 35.0. The van der Waals surface area contributed by atoms with Crippen LogP contribution in [0, 0.1) is 23.7 Å². The minimum Gasteiger partial charge on any atom is -0.266 e. The summed E-state index contributed by atoms with van der Waals surface area (Å²) in [4.78, 5) is 0.340. The monoisotopic (exact) mass is 268 g/mol. The first-order chi connectivity index (χ1) is 8.33. The highest BCUT2D eigenvalue weighted by Crippen LogP contribution is 2.52. The lowest BCUT2D eigenvalue weighted by Crippen LogP contribution is -2.38. The van der Waals surface area contributed by atoms with Gasteiger partial charge >= 0.3 is 0 Å². The Morgan fingerprint density at radius 1 is 1.39 bits per heavy atom. The number of hydrogen-bond donors (Lipinski definition) is 0. The van der Waals surface area contributed by atoms with Crippen LogP contribution in [0.3, 0.4) is 0 Å². The van der Waals surface area contributed by atoms with E-state index in [1.807, 2.05) is 26.0 Å². The van der Waals surface area contributed by atoms with E-state index < -0.39 is 10.1 Å². The predicted molar refractivity (Wildman–Crippen MR) is 75.4 cm³/mol. The minimum atomic E-state index is -3.58. The van der Waals surface area contributed by atoms with E-state index in [1.165, 1.54) is 0 Å². The third kappa shape index (κ3) is 2.43. The lowest BCUT2D eigenvalue weighted by molar-refractivity contribution is 0.176. The Labute approximate surface area is 111 Å². The van der Waals surface area contributed by atoms with Crippen molar-refractivity contribution < 1.29 is 12.6 Å². The van der Waals surface area contributed by atoms with Crippen LogP contribution in [0.2, 0.25) is 5.82 Å². The van der Waals surface area contributed by atoms with Gasteiger partial charge < -0.3 is 0 Å².